The van der Waals surface area contributed by atoms with E-state index in [1.165, 1.54) is 22.0 Å². The molecule has 0 heterocycles. The third kappa shape index (κ3) is 5.90. The van der Waals surface area contributed by atoms with Crippen molar-refractivity contribution in [1.29, 1.82) is 0 Å². The molecule has 0 aliphatic rings. The van der Waals surface area contributed by atoms with Crippen molar-refractivity contribution in [2.24, 2.45) is 0 Å². The number of amides is 1. The van der Waals surface area contributed by atoms with Crippen LogP contribution in [-0.4, -0.2) is 49.7 Å². The molecule has 2 aromatic carbocycles. The first kappa shape index (κ1) is 24.1. The van der Waals surface area contributed by atoms with Gasteiger partial charge in [0.1, 0.15) is 0 Å². The summed E-state index contributed by atoms with van der Waals surface area (Å²) in [7, 11) is -3.60. The van der Waals surface area contributed by atoms with Crippen molar-refractivity contribution in [2.75, 3.05) is 26.2 Å². The number of hydrogen-bond donors (Lipinski definition) is 1. The summed E-state index contributed by atoms with van der Waals surface area (Å²) in [4.78, 5) is 15.2. The molecule has 1 N–H and O–H groups in total. The van der Waals surface area contributed by atoms with E-state index in [1.807, 2.05) is 18.2 Å². The molecule has 0 unspecified atom stereocenters. The minimum Gasteiger partial charge on any atom is -0.348 e. The number of benzene rings is 2. The van der Waals surface area contributed by atoms with Crippen LogP contribution < -0.4 is 5.32 Å². The Morgan fingerprint density at radius 3 is 2.10 bits per heavy atom. The molecule has 0 saturated carbocycles. The molecule has 0 bridgehead atoms. The molecule has 0 fully saturated rings. The van der Waals surface area contributed by atoms with Gasteiger partial charge in [-0.15, -0.1) is 0 Å². The van der Waals surface area contributed by atoms with Gasteiger partial charge in [0.15, 0.2) is 0 Å². The molecule has 0 saturated heterocycles. The first-order valence-electron chi connectivity index (χ1n) is 10.5. The van der Waals surface area contributed by atoms with Crippen LogP contribution in [0.4, 0.5) is 0 Å². The van der Waals surface area contributed by atoms with E-state index in [2.05, 4.69) is 30.1 Å². The largest absolute Gasteiger partial charge is 0.348 e. The van der Waals surface area contributed by atoms with Gasteiger partial charge in [0, 0.05) is 31.7 Å². The lowest BCUT2D eigenvalue weighted by atomic mass is 10.1. The molecule has 30 heavy (non-hydrogen) atoms. The van der Waals surface area contributed by atoms with Crippen molar-refractivity contribution in [1.82, 2.24) is 14.5 Å². The van der Waals surface area contributed by atoms with Crippen LogP contribution in [0.2, 0.25) is 0 Å². The number of carbonyl (C=O) groups is 1. The zero-order chi connectivity index (χ0) is 22.1. The lowest BCUT2D eigenvalue weighted by Gasteiger charge is -2.20. The fraction of sp³-hybridized carbons (Fsp3) is 0.435. The molecule has 6 nitrogen and oxygen atoms in total. The van der Waals surface area contributed by atoms with Crippen LogP contribution >= 0.6 is 0 Å². The molecule has 1 amide bonds. The summed E-state index contributed by atoms with van der Waals surface area (Å²) in [6.07, 6.45) is 0. The third-order valence-electron chi connectivity index (χ3n) is 5.29. The first-order valence-corrected chi connectivity index (χ1v) is 12.0. The normalized spacial score (nSPS) is 11.8. The second-order valence-corrected chi connectivity index (χ2v) is 8.97. The van der Waals surface area contributed by atoms with Gasteiger partial charge in [-0.05, 0) is 42.4 Å². The Balaban J connectivity index is 2.15. The van der Waals surface area contributed by atoms with Crippen molar-refractivity contribution in [2.45, 2.75) is 45.7 Å². The maximum absolute atomic E-state index is 12.7. The van der Waals surface area contributed by atoms with Crippen LogP contribution in [0, 0.1) is 0 Å². The predicted molar refractivity (Wildman–Crippen MR) is 121 cm³/mol. The number of hydrogen-bond acceptors (Lipinski definition) is 4. The van der Waals surface area contributed by atoms with Gasteiger partial charge >= 0.3 is 0 Å². The average molecular weight is 432 g/mol. The fourth-order valence-electron chi connectivity index (χ4n) is 3.36. The summed E-state index contributed by atoms with van der Waals surface area (Å²) < 4.78 is 26.9. The molecular weight excluding hydrogens is 398 g/mol. The van der Waals surface area contributed by atoms with Gasteiger partial charge in [0.2, 0.25) is 10.0 Å². The van der Waals surface area contributed by atoms with Crippen molar-refractivity contribution in [3.63, 3.8) is 0 Å². The lowest BCUT2D eigenvalue weighted by molar-refractivity contribution is 0.0950. The van der Waals surface area contributed by atoms with Crippen LogP contribution in [0.5, 0.6) is 0 Å². The highest BCUT2D eigenvalue weighted by molar-refractivity contribution is 7.89. The summed E-state index contributed by atoms with van der Waals surface area (Å²) in [6.45, 7) is 11.8. The van der Waals surface area contributed by atoms with E-state index in [1.54, 1.807) is 26.0 Å². The molecule has 2 rings (SSSR count). The molecule has 2 aromatic rings. The average Bonchev–Trinajstić information content (AvgIpc) is 2.77. The smallest absolute Gasteiger partial charge is 0.251 e. The van der Waals surface area contributed by atoms with Gasteiger partial charge < -0.3 is 5.32 Å². The molecule has 0 spiro atoms. The topological polar surface area (TPSA) is 69.7 Å². The van der Waals surface area contributed by atoms with E-state index in [0.717, 1.165) is 25.2 Å². The quantitative estimate of drug-likeness (QED) is 0.591. The zero-order valence-electron chi connectivity index (χ0n) is 18.4. The van der Waals surface area contributed by atoms with Crippen LogP contribution in [0.15, 0.2) is 53.4 Å². The molecule has 0 aliphatic heterocycles. The molecule has 0 aliphatic carbocycles. The van der Waals surface area contributed by atoms with Gasteiger partial charge in [-0.1, -0.05) is 58.0 Å². The second-order valence-electron chi connectivity index (χ2n) is 7.03. The standard InChI is InChI=1S/C23H33N3O3S/c1-5-25(6-2)18-21-13-10-9-12-20(21)17-24-23(27)19-14-11-15-22(16-19)30(28,29)26(7-3)8-4/h9-16H,5-8,17-18H2,1-4H3,(H,24,27). The highest BCUT2D eigenvalue weighted by Crippen LogP contribution is 2.17. The SMILES string of the molecule is CCN(CC)Cc1ccccc1CNC(=O)c1cccc(S(=O)(=O)N(CC)CC)c1. The number of carbonyl (C=O) groups excluding carboxylic acids is 1. The van der Waals surface area contributed by atoms with Gasteiger partial charge in [-0.3, -0.25) is 9.69 Å². The van der Waals surface area contributed by atoms with Crippen LogP contribution in [0.25, 0.3) is 0 Å². The predicted octanol–water partition coefficient (Wildman–Crippen LogP) is 3.49. The molecule has 0 aromatic heterocycles. The molecular formula is C23H33N3O3S. The first-order chi connectivity index (χ1) is 14.4. The Morgan fingerprint density at radius 2 is 1.50 bits per heavy atom. The highest BCUT2D eigenvalue weighted by atomic mass is 32.2. The number of sulfonamides is 1. The van der Waals surface area contributed by atoms with E-state index in [0.29, 0.717) is 25.2 Å². The third-order valence-corrected chi connectivity index (χ3v) is 7.33. The fourth-order valence-corrected chi connectivity index (χ4v) is 4.86. The van der Waals surface area contributed by atoms with Crippen molar-refractivity contribution < 1.29 is 13.2 Å². The maximum atomic E-state index is 12.7. The second kappa shape index (κ2) is 11.2. The Labute approximate surface area is 180 Å². The Morgan fingerprint density at radius 1 is 0.867 bits per heavy atom. The van der Waals surface area contributed by atoms with E-state index < -0.39 is 10.0 Å². The van der Waals surface area contributed by atoms with Crippen LogP contribution in [0.3, 0.4) is 0 Å². The monoisotopic (exact) mass is 431 g/mol. The summed E-state index contributed by atoms with van der Waals surface area (Å²) in [5.41, 5.74) is 2.58. The van der Waals surface area contributed by atoms with Gasteiger partial charge in [0.25, 0.3) is 5.91 Å². The van der Waals surface area contributed by atoms with Gasteiger partial charge in [-0.2, -0.15) is 4.31 Å². The Hall–Kier alpha value is -2.22. The minimum absolute atomic E-state index is 0.140. The van der Waals surface area contributed by atoms with E-state index >= 15 is 0 Å². The summed E-state index contributed by atoms with van der Waals surface area (Å²) in [6, 6.07) is 14.3. The minimum atomic E-state index is -3.60. The zero-order valence-corrected chi connectivity index (χ0v) is 19.2. The van der Waals surface area contributed by atoms with Gasteiger partial charge in [-0.25, -0.2) is 8.42 Å². The lowest BCUT2D eigenvalue weighted by Crippen LogP contribution is -2.31. The highest BCUT2D eigenvalue weighted by Gasteiger charge is 2.22. The van der Waals surface area contributed by atoms with E-state index in [4.69, 9.17) is 0 Å². The van der Waals surface area contributed by atoms with Gasteiger partial charge in [0.05, 0.1) is 4.90 Å². The number of rotatable bonds is 11. The van der Waals surface area contributed by atoms with E-state index in [9.17, 15) is 13.2 Å². The Bertz CT molecular complexity index is 936. The van der Waals surface area contributed by atoms with Crippen LogP contribution in [0.1, 0.15) is 49.2 Å². The number of nitrogens with zero attached hydrogens (tertiary/aromatic N) is 2. The number of nitrogens with one attached hydrogen (secondary N) is 1. The van der Waals surface area contributed by atoms with E-state index in [-0.39, 0.29) is 10.8 Å². The summed E-state index contributed by atoms with van der Waals surface area (Å²) in [5, 5.41) is 2.93. The van der Waals surface area contributed by atoms with Crippen molar-refractivity contribution in [3.05, 3.63) is 65.2 Å². The van der Waals surface area contributed by atoms with Crippen molar-refractivity contribution in [3.8, 4) is 0 Å². The molecule has 0 radical (unpaired) electrons. The van der Waals surface area contributed by atoms with Crippen LogP contribution in [-0.2, 0) is 23.1 Å². The van der Waals surface area contributed by atoms with Crippen molar-refractivity contribution >= 4 is 15.9 Å². The molecule has 0 atom stereocenters. The summed E-state index contributed by atoms with van der Waals surface area (Å²) in [5.74, 6) is -0.288. The Kier molecular flexibility index (Phi) is 9.02. The molecule has 164 valence electrons. The maximum Gasteiger partial charge on any atom is 0.251 e. The summed E-state index contributed by atoms with van der Waals surface area (Å²) >= 11 is 0. The molecule has 7 heteroatoms.